The van der Waals surface area contributed by atoms with Crippen LogP contribution in [0.4, 0.5) is 4.79 Å². The number of amides is 3. The number of piperazine rings is 1. The minimum atomic E-state index is -1.65. The summed E-state index contributed by atoms with van der Waals surface area (Å²) in [6, 6.07) is -1.10. The highest BCUT2D eigenvalue weighted by atomic mass is 16.4. The van der Waals surface area contributed by atoms with Crippen molar-refractivity contribution in [3.8, 4) is 0 Å². The Bertz CT molecular complexity index is 346. The van der Waals surface area contributed by atoms with Crippen molar-refractivity contribution >= 4 is 17.9 Å². The summed E-state index contributed by atoms with van der Waals surface area (Å²) >= 11 is 0. The number of carbonyl (C=O) groups excluding carboxylic acids is 2. The molecule has 0 radical (unpaired) electrons. The molecule has 0 aromatic heterocycles. The van der Waals surface area contributed by atoms with Gasteiger partial charge in [-0.15, -0.1) is 0 Å². The zero-order chi connectivity index (χ0) is 13.7. The maximum absolute atomic E-state index is 11.8. The lowest BCUT2D eigenvalue weighted by molar-refractivity contribution is -0.146. The first-order valence-corrected chi connectivity index (χ1v) is 5.70. The Morgan fingerprint density at radius 1 is 1.61 bits per heavy atom. The van der Waals surface area contributed by atoms with E-state index in [1.54, 1.807) is 6.92 Å². The van der Waals surface area contributed by atoms with E-state index in [4.69, 9.17) is 10.2 Å². The molecular formula is C10H17N3O5. The fourth-order valence-corrected chi connectivity index (χ4v) is 1.74. The molecular weight excluding hydrogens is 242 g/mol. The quantitative estimate of drug-likeness (QED) is 0.482. The summed E-state index contributed by atoms with van der Waals surface area (Å²) in [7, 11) is 0. The van der Waals surface area contributed by atoms with Crippen LogP contribution in [-0.4, -0.2) is 64.8 Å². The van der Waals surface area contributed by atoms with Gasteiger partial charge in [0.05, 0.1) is 6.54 Å². The van der Waals surface area contributed by atoms with Gasteiger partial charge in [-0.3, -0.25) is 4.79 Å². The van der Waals surface area contributed by atoms with Crippen molar-refractivity contribution in [3.05, 3.63) is 0 Å². The van der Waals surface area contributed by atoms with Gasteiger partial charge in [0, 0.05) is 13.1 Å². The Labute approximate surface area is 104 Å². The maximum atomic E-state index is 11.8. The Hall–Kier alpha value is -1.83. The number of nitrogens with one attached hydrogen (secondary N) is 2. The summed E-state index contributed by atoms with van der Waals surface area (Å²) in [6.45, 7) is 2.12. The van der Waals surface area contributed by atoms with E-state index in [9.17, 15) is 14.4 Å². The van der Waals surface area contributed by atoms with E-state index in [1.165, 1.54) is 4.90 Å². The van der Waals surface area contributed by atoms with Crippen LogP contribution in [0.1, 0.15) is 13.3 Å². The monoisotopic (exact) mass is 259 g/mol. The standard InChI is InChI=1S/C10H17N3O5/c1-2-6-8(15)11-3-4-13(6)10(18)12-5-7(14)9(16)17/h6-7,14H,2-5H2,1H3,(H,11,15)(H,12,18)(H,16,17)/t6?,7-/m0/s1. The summed E-state index contributed by atoms with van der Waals surface area (Å²) in [5.41, 5.74) is 0. The number of aliphatic hydroxyl groups is 1. The van der Waals surface area contributed by atoms with Crippen LogP contribution in [0.15, 0.2) is 0 Å². The van der Waals surface area contributed by atoms with E-state index >= 15 is 0 Å². The van der Waals surface area contributed by atoms with E-state index in [0.717, 1.165) is 0 Å². The molecule has 8 nitrogen and oxygen atoms in total. The maximum Gasteiger partial charge on any atom is 0.334 e. The highest BCUT2D eigenvalue weighted by molar-refractivity contribution is 5.88. The Morgan fingerprint density at radius 2 is 2.28 bits per heavy atom. The first kappa shape index (κ1) is 14.2. The van der Waals surface area contributed by atoms with Crippen LogP contribution in [0.25, 0.3) is 0 Å². The van der Waals surface area contributed by atoms with Gasteiger partial charge in [0.15, 0.2) is 6.10 Å². The molecule has 1 unspecified atom stereocenters. The number of urea groups is 1. The van der Waals surface area contributed by atoms with E-state index < -0.39 is 24.1 Å². The van der Waals surface area contributed by atoms with Crippen LogP contribution >= 0.6 is 0 Å². The second-order valence-electron chi connectivity index (χ2n) is 3.95. The van der Waals surface area contributed by atoms with Crippen molar-refractivity contribution in [2.24, 2.45) is 0 Å². The minimum absolute atomic E-state index is 0.224. The average Bonchev–Trinajstić information content (AvgIpc) is 2.34. The number of hydrogen-bond donors (Lipinski definition) is 4. The molecule has 0 bridgehead atoms. The molecule has 3 amide bonds. The molecule has 1 rings (SSSR count). The number of carboxylic acid groups (broad SMARTS) is 1. The van der Waals surface area contributed by atoms with Gasteiger partial charge in [0.2, 0.25) is 5.91 Å². The zero-order valence-corrected chi connectivity index (χ0v) is 10.0. The molecule has 1 saturated heterocycles. The van der Waals surface area contributed by atoms with Gasteiger partial charge < -0.3 is 25.7 Å². The number of carboxylic acids is 1. The number of aliphatic hydroxyl groups excluding tert-OH is 1. The van der Waals surface area contributed by atoms with Gasteiger partial charge in [-0.25, -0.2) is 9.59 Å². The summed E-state index contributed by atoms with van der Waals surface area (Å²) in [6.07, 6.45) is -1.17. The number of nitrogens with zero attached hydrogens (tertiary/aromatic N) is 1. The molecule has 1 heterocycles. The second kappa shape index (κ2) is 6.20. The number of hydrogen-bond acceptors (Lipinski definition) is 4. The molecule has 4 N–H and O–H groups in total. The first-order chi connectivity index (χ1) is 8.47. The zero-order valence-electron chi connectivity index (χ0n) is 10.0. The van der Waals surface area contributed by atoms with Crippen molar-refractivity contribution < 1.29 is 24.6 Å². The molecule has 102 valence electrons. The lowest BCUT2D eigenvalue weighted by atomic mass is 10.1. The summed E-state index contributed by atoms with van der Waals surface area (Å²) in [4.78, 5) is 35.0. The van der Waals surface area contributed by atoms with Crippen molar-refractivity contribution in [3.63, 3.8) is 0 Å². The van der Waals surface area contributed by atoms with E-state index in [1.807, 2.05) is 0 Å². The Morgan fingerprint density at radius 3 is 2.83 bits per heavy atom. The smallest absolute Gasteiger partial charge is 0.334 e. The van der Waals surface area contributed by atoms with Crippen LogP contribution < -0.4 is 10.6 Å². The highest BCUT2D eigenvalue weighted by Crippen LogP contribution is 2.08. The van der Waals surface area contributed by atoms with E-state index in [-0.39, 0.29) is 12.5 Å². The molecule has 0 aliphatic carbocycles. The molecule has 1 fully saturated rings. The average molecular weight is 259 g/mol. The molecule has 0 spiro atoms. The third kappa shape index (κ3) is 3.33. The van der Waals surface area contributed by atoms with E-state index in [2.05, 4.69) is 10.6 Å². The van der Waals surface area contributed by atoms with Gasteiger partial charge in [-0.05, 0) is 6.42 Å². The van der Waals surface area contributed by atoms with Crippen molar-refractivity contribution in [1.82, 2.24) is 15.5 Å². The molecule has 0 saturated carbocycles. The molecule has 1 aliphatic rings. The Kier molecular flexibility index (Phi) is 4.90. The number of aliphatic carboxylic acids is 1. The summed E-state index contributed by atoms with van der Waals surface area (Å²) in [5.74, 6) is -1.63. The lowest BCUT2D eigenvalue weighted by Crippen LogP contribution is -2.59. The third-order valence-electron chi connectivity index (χ3n) is 2.71. The summed E-state index contributed by atoms with van der Waals surface area (Å²) < 4.78 is 0. The van der Waals surface area contributed by atoms with Gasteiger partial charge in [0.25, 0.3) is 0 Å². The molecule has 1 aliphatic heterocycles. The predicted octanol–water partition coefficient (Wildman–Crippen LogP) is -1.65. The largest absolute Gasteiger partial charge is 0.479 e. The van der Waals surface area contributed by atoms with Gasteiger partial charge in [0.1, 0.15) is 6.04 Å². The first-order valence-electron chi connectivity index (χ1n) is 5.70. The molecule has 2 atom stereocenters. The number of rotatable bonds is 4. The fourth-order valence-electron chi connectivity index (χ4n) is 1.74. The Balaban J connectivity index is 2.54. The van der Waals surface area contributed by atoms with Crippen molar-refractivity contribution in [2.75, 3.05) is 19.6 Å². The SMILES string of the molecule is CCC1C(=O)NCCN1C(=O)NC[C@H](O)C(=O)O. The van der Waals surface area contributed by atoms with Crippen LogP contribution in [0, 0.1) is 0 Å². The van der Waals surface area contributed by atoms with Crippen LogP contribution in [0.5, 0.6) is 0 Å². The third-order valence-corrected chi connectivity index (χ3v) is 2.71. The van der Waals surface area contributed by atoms with Crippen LogP contribution in [-0.2, 0) is 9.59 Å². The van der Waals surface area contributed by atoms with Crippen molar-refractivity contribution in [1.29, 1.82) is 0 Å². The molecule has 8 heteroatoms. The van der Waals surface area contributed by atoms with Gasteiger partial charge in [-0.1, -0.05) is 6.92 Å². The summed E-state index contributed by atoms with van der Waals surface area (Å²) in [5, 5.41) is 22.4. The fraction of sp³-hybridized carbons (Fsp3) is 0.700. The minimum Gasteiger partial charge on any atom is -0.479 e. The van der Waals surface area contributed by atoms with E-state index in [0.29, 0.717) is 19.5 Å². The molecule has 18 heavy (non-hydrogen) atoms. The normalized spacial score (nSPS) is 21.1. The predicted molar refractivity (Wildman–Crippen MR) is 60.8 cm³/mol. The van der Waals surface area contributed by atoms with Crippen molar-refractivity contribution in [2.45, 2.75) is 25.5 Å². The van der Waals surface area contributed by atoms with Gasteiger partial charge >= 0.3 is 12.0 Å². The highest BCUT2D eigenvalue weighted by Gasteiger charge is 2.31. The molecule has 0 aromatic rings. The van der Waals surface area contributed by atoms with Crippen LogP contribution in [0.3, 0.4) is 0 Å². The molecule has 0 aromatic carbocycles. The topological polar surface area (TPSA) is 119 Å². The second-order valence-corrected chi connectivity index (χ2v) is 3.95. The lowest BCUT2D eigenvalue weighted by Gasteiger charge is -2.34. The number of carbonyl (C=O) groups is 3. The van der Waals surface area contributed by atoms with Crippen LogP contribution in [0.2, 0.25) is 0 Å². The van der Waals surface area contributed by atoms with Gasteiger partial charge in [-0.2, -0.15) is 0 Å².